The second kappa shape index (κ2) is 9.27. The lowest BCUT2D eigenvalue weighted by Crippen LogP contribution is -2.41. The molecule has 3 aromatic rings. The molecule has 4 rings (SSSR count). The summed E-state index contributed by atoms with van der Waals surface area (Å²) in [5.74, 6) is 0.818. The summed E-state index contributed by atoms with van der Waals surface area (Å²) in [6.07, 6.45) is 3.06. The molecule has 0 unspecified atom stereocenters. The van der Waals surface area contributed by atoms with E-state index in [0.717, 1.165) is 19.5 Å². The van der Waals surface area contributed by atoms with Crippen LogP contribution >= 0.6 is 0 Å². The molecule has 0 bridgehead atoms. The van der Waals surface area contributed by atoms with Gasteiger partial charge in [-0.3, -0.25) is 9.69 Å². The molecule has 0 saturated carbocycles. The minimum absolute atomic E-state index is 0.0638. The van der Waals surface area contributed by atoms with Crippen molar-refractivity contribution in [3.63, 3.8) is 0 Å². The van der Waals surface area contributed by atoms with Crippen molar-refractivity contribution >= 4 is 5.91 Å². The fourth-order valence-corrected chi connectivity index (χ4v) is 4.38. The zero-order valence-electron chi connectivity index (χ0n) is 18.3. The van der Waals surface area contributed by atoms with Crippen molar-refractivity contribution in [3.05, 3.63) is 83.2 Å². The summed E-state index contributed by atoms with van der Waals surface area (Å²) in [4.78, 5) is 15.5. The second-order valence-corrected chi connectivity index (χ2v) is 7.80. The predicted octanol–water partition coefficient (Wildman–Crippen LogP) is 3.57. The average Bonchev–Trinajstić information content (AvgIpc) is 3.23. The second-order valence-electron chi connectivity index (χ2n) is 7.80. The van der Waals surface area contributed by atoms with Gasteiger partial charge in [-0.05, 0) is 41.8 Å². The van der Waals surface area contributed by atoms with Gasteiger partial charge in [0.25, 0.3) is 5.91 Å². The number of para-hydroxylation sites is 1. The van der Waals surface area contributed by atoms with Crippen molar-refractivity contribution in [2.45, 2.75) is 19.0 Å². The summed E-state index contributed by atoms with van der Waals surface area (Å²) in [5.41, 5.74) is 4.41. The van der Waals surface area contributed by atoms with Gasteiger partial charge in [-0.2, -0.15) is 0 Å². The molecule has 1 aliphatic heterocycles. The highest BCUT2D eigenvalue weighted by atomic mass is 16.5. The molecule has 6 nitrogen and oxygen atoms in total. The normalized spacial score (nSPS) is 14.5. The van der Waals surface area contributed by atoms with Crippen LogP contribution < -0.4 is 14.8 Å². The Kier molecular flexibility index (Phi) is 6.28. The van der Waals surface area contributed by atoms with E-state index in [9.17, 15) is 4.79 Å². The lowest BCUT2D eigenvalue weighted by atomic mass is 9.97. The number of hydrogen-bond acceptors (Lipinski definition) is 4. The fourth-order valence-electron chi connectivity index (χ4n) is 4.38. The van der Waals surface area contributed by atoms with Gasteiger partial charge in [0.05, 0.1) is 25.8 Å². The third-order valence-electron chi connectivity index (χ3n) is 6.03. The number of benzene rings is 2. The zero-order valence-corrected chi connectivity index (χ0v) is 18.3. The van der Waals surface area contributed by atoms with Gasteiger partial charge in [0, 0.05) is 38.6 Å². The van der Waals surface area contributed by atoms with Gasteiger partial charge < -0.3 is 19.4 Å². The van der Waals surface area contributed by atoms with Crippen LogP contribution in [-0.2, 0) is 20.0 Å². The quantitative estimate of drug-likeness (QED) is 0.636. The number of nitrogens with one attached hydrogen (secondary N) is 1. The number of aryl methyl sites for hydroxylation is 1. The van der Waals surface area contributed by atoms with Gasteiger partial charge in [0.2, 0.25) is 0 Å². The molecule has 0 saturated heterocycles. The van der Waals surface area contributed by atoms with Crippen molar-refractivity contribution in [1.82, 2.24) is 14.8 Å². The van der Waals surface area contributed by atoms with Crippen molar-refractivity contribution in [2.24, 2.45) is 7.05 Å². The Labute approximate surface area is 183 Å². The van der Waals surface area contributed by atoms with E-state index in [1.165, 1.54) is 16.8 Å². The molecule has 1 N–H and O–H groups in total. The Bertz CT molecular complexity index is 1060. The van der Waals surface area contributed by atoms with Crippen molar-refractivity contribution in [3.8, 4) is 11.5 Å². The third-order valence-corrected chi connectivity index (χ3v) is 6.03. The summed E-state index contributed by atoms with van der Waals surface area (Å²) < 4.78 is 12.9. The summed E-state index contributed by atoms with van der Waals surface area (Å²) in [5, 5.41) is 3.13. The summed E-state index contributed by atoms with van der Waals surface area (Å²) >= 11 is 0. The van der Waals surface area contributed by atoms with Gasteiger partial charge in [0.15, 0.2) is 11.5 Å². The minimum Gasteiger partial charge on any atom is -0.493 e. The van der Waals surface area contributed by atoms with Gasteiger partial charge in [-0.1, -0.05) is 30.3 Å². The van der Waals surface area contributed by atoms with E-state index in [4.69, 9.17) is 9.47 Å². The lowest BCUT2D eigenvalue weighted by molar-refractivity contribution is 0.0921. The van der Waals surface area contributed by atoms with Crippen molar-refractivity contribution in [1.29, 1.82) is 0 Å². The Morgan fingerprint density at radius 1 is 1.03 bits per heavy atom. The molecule has 1 aliphatic rings. The van der Waals surface area contributed by atoms with Crippen LogP contribution in [0.2, 0.25) is 0 Å². The average molecular weight is 420 g/mol. The highest BCUT2D eigenvalue weighted by molar-refractivity contribution is 5.97. The molecular weight excluding hydrogens is 390 g/mol. The maximum Gasteiger partial charge on any atom is 0.255 e. The number of carbonyl (C=O) groups excluding carboxylic acids is 1. The first-order valence-corrected chi connectivity index (χ1v) is 10.5. The topological polar surface area (TPSA) is 55.7 Å². The lowest BCUT2D eigenvalue weighted by Gasteiger charge is -2.36. The Balaban J connectivity index is 1.56. The monoisotopic (exact) mass is 419 g/mol. The largest absolute Gasteiger partial charge is 0.493 e. The molecule has 0 aliphatic carbocycles. The standard InChI is InChI=1S/C25H29N3O3/c1-27-14-7-11-21(27)22(28-15-13-18-8-4-5-9-19(18)17-28)16-26-25(29)20-10-6-12-23(30-2)24(20)31-3/h4-12,14,22H,13,15-17H2,1-3H3,(H,26,29)/t22-/m0/s1. The first kappa shape index (κ1) is 21.0. The number of rotatable bonds is 7. The van der Waals surface area contributed by atoms with Crippen LogP contribution in [0, 0.1) is 0 Å². The number of nitrogens with zero attached hydrogens (tertiary/aromatic N) is 2. The first-order valence-electron chi connectivity index (χ1n) is 10.5. The highest BCUT2D eigenvalue weighted by Gasteiger charge is 2.27. The minimum atomic E-state index is -0.174. The molecule has 162 valence electrons. The molecule has 0 radical (unpaired) electrons. The van der Waals surface area contributed by atoms with Gasteiger partial charge >= 0.3 is 0 Å². The molecule has 0 spiro atoms. The number of amides is 1. The van der Waals surface area contributed by atoms with Crippen molar-refractivity contribution in [2.75, 3.05) is 27.3 Å². The molecular formula is C25H29N3O3. The molecule has 2 heterocycles. The number of fused-ring (bicyclic) bond motifs is 1. The van der Waals surface area contributed by atoms with Crippen LogP contribution in [0.1, 0.15) is 33.2 Å². The number of methoxy groups -OCH3 is 2. The molecule has 2 aromatic carbocycles. The maximum atomic E-state index is 13.1. The molecule has 6 heteroatoms. The molecule has 1 aromatic heterocycles. The maximum absolute atomic E-state index is 13.1. The summed E-state index contributed by atoms with van der Waals surface area (Å²) in [7, 11) is 5.17. The molecule has 31 heavy (non-hydrogen) atoms. The Hall–Kier alpha value is -3.25. The van der Waals surface area contributed by atoms with Crippen LogP contribution in [-0.4, -0.2) is 42.7 Å². The number of carbonyl (C=O) groups is 1. The first-order chi connectivity index (χ1) is 15.1. The van der Waals surface area contributed by atoms with E-state index >= 15 is 0 Å². The van der Waals surface area contributed by atoms with E-state index in [2.05, 4.69) is 45.1 Å². The molecule has 1 amide bonds. The van der Waals surface area contributed by atoms with E-state index in [1.807, 2.05) is 19.3 Å². The number of aromatic nitrogens is 1. The van der Waals surface area contributed by atoms with Crippen LogP contribution in [0.25, 0.3) is 0 Å². The van der Waals surface area contributed by atoms with Crippen LogP contribution in [0.3, 0.4) is 0 Å². The zero-order chi connectivity index (χ0) is 21.8. The molecule has 0 fully saturated rings. The third kappa shape index (κ3) is 4.30. The van der Waals surface area contributed by atoms with Gasteiger partial charge in [-0.15, -0.1) is 0 Å². The van der Waals surface area contributed by atoms with E-state index in [0.29, 0.717) is 23.6 Å². The van der Waals surface area contributed by atoms with Crippen LogP contribution in [0.4, 0.5) is 0 Å². The van der Waals surface area contributed by atoms with Gasteiger partial charge in [-0.25, -0.2) is 0 Å². The van der Waals surface area contributed by atoms with E-state index < -0.39 is 0 Å². The summed E-state index contributed by atoms with van der Waals surface area (Å²) in [6, 6.07) is 18.2. The highest BCUT2D eigenvalue weighted by Crippen LogP contribution is 2.31. The van der Waals surface area contributed by atoms with Crippen LogP contribution in [0.15, 0.2) is 60.8 Å². The van der Waals surface area contributed by atoms with E-state index in [-0.39, 0.29) is 11.9 Å². The Morgan fingerprint density at radius 2 is 1.84 bits per heavy atom. The molecule has 1 atom stereocenters. The Morgan fingerprint density at radius 3 is 2.55 bits per heavy atom. The van der Waals surface area contributed by atoms with E-state index in [1.54, 1.807) is 32.4 Å². The van der Waals surface area contributed by atoms with Gasteiger partial charge in [0.1, 0.15) is 0 Å². The number of hydrogen-bond donors (Lipinski definition) is 1. The summed E-state index contributed by atoms with van der Waals surface area (Å²) in [6.45, 7) is 2.31. The fraction of sp³-hybridized carbons (Fsp3) is 0.320. The van der Waals surface area contributed by atoms with Crippen molar-refractivity contribution < 1.29 is 14.3 Å². The SMILES string of the molecule is COc1cccc(C(=O)NC[C@@H](c2cccn2C)N2CCc3ccccc3C2)c1OC. The van der Waals surface area contributed by atoms with Crippen LogP contribution in [0.5, 0.6) is 11.5 Å². The predicted molar refractivity (Wildman–Crippen MR) is 121 cm³/mol. The number of ether oxygens (including phenoxy) is 2. The smallest absolute Gasteiger partial charge is 0.255 e.